The normalized spacial score (nSPS) is 17.0. The molecule has 0 aromatic heterocycles. The van der Waals surface area contributed by atoms with Crippen LogP contribution in [0.15, 0.2) is 53.4 Å². The number of ketones is 1. The third kappa shape index (κ3) is 4.35. The molecule has 7 nitrogen and oxygen atoms in total. The first-order chi connectivity index (χ1) is 12.8. The maximum atomic E-state index is 12.2. The molecule has 0 saturated carbocycles. The maximum Gasteiger partial charge on any atom is 0.414 e. The van der Waals surface area contributed by atoms with Gasteiger partial charge in [-0.05, 0) is 50.2 Å². The van der Waals surface area contributed by atoms with Crippen molar-refractivity contribution in [3.05, 3.63) is 59.7 Å². The lowest BCUT2D eigenvalue weighted by atomic mass is 10.1. The van der Waals surface area contributed by atoms with Crippen molar-refractivity contribution in [1.82, 2.24) is 0 Å². The molecule has 3 rings (SSSR count). The molecule has 0 N–H and O–H groups in total. The minimum atomic E-state index is -3.93. The van der Waals surface area contributed by atoms with Crippen LogP contribution in [0.3, 0.4) is 0 Å². The van der Waals surface area contributed by atoms with Crippen molar-refractivity contribution in [2.24, 2.45) is 0 Å². The van der Waals surface area contributed by atoms with Gasteiger partial charge in [-0.1, -0.05) is 17.7 Å². The summed E-state index contributed by atoms with van der Waals surface area (Å²) in [6.07, 6.45) is -1.31. The molecule has 1 aliphatic heterocycles. The summed E-state index contributed by atoms with van der Waals surface area (Å²) in [5.41, 5.74) is 2.04. The smallest absolute Gasteiger partial charge is 0.414 e. The Balaban J connectivity index is 1.63. The van der Waals surface area contributed by atoms with Crippen LogP contribution in [0.1, 0.15) is 22.8 Å². The summed E-state index contributed by atoms with van der Waals surface area (Å²) in [5.74, 6) is -0.0712. The number of hydrogen-bond acceptors (Lipinski definition) is 6. The summed E-state index contributed by atoms with van der Waals surface area (Å²) in [5, 5.41) is 0. The molecule has 1 saturated heterocycles. The van der Waals surface area contributed by atoms with Crippen LogP contribution in [0.25, 0.3) is 0 Å². The van der Waals surface area contributed by atoms with E-state index in [0.29, 0.717) is 11.3 Å². The van der Waals surface area contributed by atoms with E-state index in [1.165, 1.54) is 24.0 Å². The molecular formula is C19H19NO6S. The summed E-state index contributed by atoms with van der Waals surface area (Å²) < 4.78 is 34.7. The predicted octanol–water partition coefficient (Wildman–Crippen LogP) is 2.93. The summed E-state index contributed by atoms with van der Waals surface area (Å²) >= 11 is 0. The van der Waals surface area contributed by atoms with E-state index < -0.39 is 22.3 Å². The van der Waals surface area contributed by atoms with Gasteiger partial charge in [0.2, 0.25) is 0 Å². The van der Waals surface area contributed by atoms with Gasteiger partial charge in [0.1, 0.15) is 12.7 Å². The Hall–Kier alpha value is -2.71. The van der Waals surface area contributed by atoms with Gasteiger partial charge in [-0.25, -0.2) is 4.79 Å². The molecule has 8 heteroatoms. The molecule has 27 heavy (non-hydrogen) atoms. The van der Waals surface area contributed by atoms with Gasteiger partial charge in [0, 0.05) is 11.3 Å². The van der Waals surface area contributed by atoms with Gasteiger partial charge in [0.15, 0.2) is 5.78 Å². The summed E-state index contributed by atoms with van der Waals surface area (Å²) in [6, 6.07) is 12.8. The van der Waals surface area contributed by atoms with E-state index >= 15 is 0 Å². The number of hydrogen-bond donors (Lipinski definition) is 0. The van der Waals surface area contributed by atoms with Crippen molar-refractivity contribution in [2.75, 3.05) is 18.1 Å². The van der Waals surface area contributed by atoms with Gasteiger partial charge in [-0.2, -0.15) is 8.42 Å². The summed E-state index contributed by atoms with van der Waals surface area (Å²) in [6.45, 7) is 3.19. The second kappa shape index (κ2) is 7.50. The van der Waals surface area contributed by atoms with Gasteiger partial charge in [0.05, 0.1) is 11.4 Å². The van der Waals surface area contributed by atoms with Crippen LogP contribution in [0.4, 0.5) is 10.5 Å². The zero-order chi connectivity index (χ0) is 19.6. The number of carbonyl (C=O) groups is 2. The second-order valence-electron chi connectivity index (χ2n) is 6.27. The summed E-state index contributed by atoms with van der Waals surface area (Å²) in [7, 11) is -3.93. The fraction of sp³-hybridized carbons (Fsp3) is 0.263. The highest BCUT2D eigenvalue weighted by Crippen LogP contribution is 2.23. The van der Waals surface area contributed by atoms with E-state index in [4.69, 9.17) is 8.92 Å². The Morgan fingerprint density at radius 3 is 2.37 bits per heavy atom. The molecule has 0 aliphatic carbocycles. The first kappa shape index (κ1) is 19.1. The van der Waals surface area contributed by atoms with Crippen molar-refractivity contribution in [2.45, 2.75) is 24.8 Å². The lowest BCUT2D eigenvalue weighted by Gasteiger charge is -2.13. The Bertz CT molecular complexity index is 951. The standard InChI is InChI=1S/C19H19NO6S/c1-13-3-9-18(10-4-13)27(23,24)25-12-17-11-20(19(22)26-17)16-7-5-15(6-8-16)14(2)21/h3-10,17H,11-12H2,1-2H3. The lowest BCUT2D eigenvalue weighted by Crippen LogP contribution is -2.26. The Kier molecular flexibility index (Phi) is 5.29. The van der Waals surface area contributed by atoms with Crippen molar-refractivity contribution in [3.8, 4) is 0 Å². The number of nitrogens with zero attached hydrogens (tertiary/aromatic N) is 1. The number of ether oxygens (including phenoxy) is 1. The third-order valence-electron chi connectivity index (χ3n) is 4.18. The molecule has 1 aliphatic rings. The number of carbonyl (C=O) groups excluding carboxylic acids is 2. The van der Waals surface area contributed by atoms with Crippen molar-refractivity contribution < 1.29 is 26.9 Å². The van der Waals surface area contributed by atoms with E-state index in [-0.39, 0.29) is 23.8 Å². The second-order valence-corrected chi connectivity index (χ2v) is 7.89. The molecule has 1 atom stereocenters. The molecule has 1 fully saturated rings. The zero-order valence-corrected chi connectivity index (χ0v) is 15.7. The van der Waals surface area contributed by atoms with E-state index in [9.17, 15) is 18.0 Å². The van der Waals surface area contributed by atoms with Gasteiger partial charge >= 0.3 is 6.09 Å². The first-order valence-electron chi connectivity index (χ1n) is 8.31. The molecule has 1 unspecified atom stereocenters. The highest BCUT2D eigenvalue weighted by molar-refractivity contribution is 7.86. The number of rotatable bonds is 6. The number of amides is 1. The Morgan fingerprint density at radius 1 is 1.15 bits per heavy atom. The fourth-order valence-corrected chi connectivity index (χ4v) is 3.57. The van der Waals surface area contributed by atoms with Crippen LogP contribution < -0.4 is 4.90 Å². The third-order valence-corrected chi connectivity index (χ3v) is 5.47. The number of benzene rings is 2. The number of Topliss-reactive ketones (excluding diaryl/α,β-unsaturated/α-hetero) is 1. The van der Waals surface area contributed by atoms with Crippen LogP contribution in [-0.4, -0.2) is 39.5 Å². The molecule has 0 spiro atoms. The predicted molar refractivity (Wildman–Crippen MR) is 98.4 cm³/mol. The number of aryl methyl sites for hydroxylation is 1. The SMILES string of the molecule is CC(=O)c1ccc(N2CC(COS(=O)(=O)c3ccc(C)cc3)OC2=O)cc1. The van der Waals surface area contributed by atoms with E-state index in [0.717, 1.165) is 5.56 Å². The largest absolute Gasteiger partial charge is 0.441 e. The van der Waals surface area contributed by atoms with Crippen LogP contribution in [-0.2, 0) is 19.0 Å². The van der Waals surface area contributed by atoms with Crippen LogP contribution in [0.2, 0.25) is 0 Å². The van der Waals surface area contributed by atoms with Crippen molar-refractivity contribution in [1.29, 1.82) is 0 Å². The zero-order valence-electron chi connectivity index (χ0n) is 14.9. The van der Waals surface area contributed by atoms with Crippen LogP contribution >= 0.6 is 0 Å². The highest BCUT2D eigenvalue weighted by Gasteiger charge is 2.33. The number of anilines is 1. The molecule has 2 aromatic rings. The fourth-order valence-electron chi connectivity index (χ4n) is 2.63. The monoisotopic (exact) mass is 389 g/mol. The van der Waals surface area contributed by atoms with Crippen molar-refractivity contribution >= 4 is 27.7 Å². The highest BCUT2D eigenvalue weighted by atomic mass is 32.2. The molecule has 142 valence electrons. The van der Waals surface area contributed by atoms with E-state index in [1.54, 1.807) is 36.4 Å². The minimum Gasteiger partial charge on any atom is -0.441 e. The quantitative estimate of drug-likeness (QED) is 0.557. The van der Waals surface area contributed by atoms with Gasteiger partial charge < -0.3 is 4.74 Å². The van der Waals surface area contributed by atoms with Gasteiger partial charge in [-0.3, -0.25) is 13.9 Å². The maximum absolute atomic E-state index is 12.2. The molecule has 2 aromatic carbocycles. The summed E-state index contributed by atoms with van der Waals surface area (Å²) in [4.78, 5) is 24.8. The molecule has 0 bridgehead atoms. The van der Waals surface area contributed by atoms with Crippen LogP contribution in [0.5, 0.6) is 0 Å². The first-order valence-corrected chi connectivity index (χ1v) is 9.72. The van der Waals surface area contributed by atoms with Crippen LogP contribution in [0, 0.1) is 6.92 Å². The van der Waals surface area contributed by atoms with Gasteiger partial charge in [0.25, 0.3) is 10.1 Å². The van der Waals surface area contributed by atoms with Gasteiger partial charge in [-0.15, -0.1) is 0 Å². The average molecular weight is 389 g/mol. The van der Waals surface area contributed by atoms with E-state index in [1.807, 2.05) is 6.92 Å². The average Bonchev–Trinajstić information content (AvgIpc) is 3.01. The lowest BCUT2D eigenvalue weighted by molar-refractivity contribution is 0.101. The van der Waals surface area contributed by atoms with E-state index in [2.05, 4.69) is 0 Å². The molecule has 1 amide bonds. The molecule has 0 radical (unpaired) electrons. The molecular weight excluding hydrogens is 370 g/mol. The Labute approximate surface area is 157 Å². The minimum absolute atomic E-state index is 0.0501. The Morgan fingerprint density at radius 2 is 1.78 bits per heavy atom. The van der Waals surface area contributed by atoms with Crippen molar-refractivity contribution in [3.63, 3.8) is 0 Å². The molecule has 1 heterocycles. The topological polar surface area (TPSA) is 90.0 Å². The number of cyclic esters (lactones) is 1.